The minimum absolute atomic E-state index is 0.383. The van der Waals surface area contributed by atoms with E-state index in [0.717, 1.165) is 15.9 Å². The molecule has 0 bridgehead atoms. The molecule has 0 aliphatic heterocycles. The van der Waals surface area contributed by atoms with Gasteiger partial charge in [-0.25, -0.2) is 4.98 Å². The molecule has 2 aromatic heterocycles. The third kappa shape index (κ3) is 2.45. The summed E-state index contributed by atoms with van der Waals surface area (Å²) in [6.45, 7) is 3.82. The van der Waals surface area contributed by atoms with Crippen LogP contribution in [0.3, 0.4) is 0 Å². The lowest BCUT2D eigenvalue weighted by Gasteiger charge is -2.06. The standard InChI is InChI=1S/C11H11BrClN3O/c1-6-10(7(2)16(3)15-6)17-11-9(13)4-8(12)5-14-11/h4-5H,1-3H3. The van der Waals surface area contributed by atoms with E-state index in [1.54, 1.807) is 16.9 Å². The van der Waals surface area contributed by atoms with Gasteiger partial charge in [0.1, 0.15) is 10.7 Å². The first-order valence-corrected chi connectivity index (χ1v) is 6.15. The Kier molecular flexibility index (Phi) is 3.40. The van der Waals surface area contributed by atoms with Gasteiger partial charge in [-0.2, -0.15) is 5.10 Å². The Labute approximate surface area is 113 Å². The van der Waals surface area contributed by atoms with Crippen molar-refractivity contribution in [2.75, 3.05) is 0 Å². The molecule has 0 saturated carbocycles. The number of pyridine rings is 1. The maximum absolute atomic E-state index is 6.05. The molecule has 0 N–H and O–H groups in total. The molecule has 2 rings (SSSR count). The van der Waals surface area contributed by atoms with E-state index in [4.69, 9.17) is 16.3 Å². The van der Waals surface area contributed by atoms with Crippen molar-refractivity contribution in [3.63, 3.8) is 0 Å². The van der Waals surface area contributed by atoms with Crippen molar-refractivity contribution < 1.29 is 4.74 Å². The van der Waals surface area contributed by atoms with Crippen LogP contribution in [0.15, 0.2) is 16.7 Å². The molecule has 0 radical (unpaired) electrons. The highest BCUT2D eigenvalue weighted by Crippen LogP contribution is 2.32. The lowest BCUT2D eigenvalue weighted by Crippen LogP contribution is -1.94. The van der Waals surface area contributed by atoms with E-state index >= 15 is 0 Å². The molecular weight excluding hydrogens is 305 g/mol. The van der Waals surface area contributed by atoms with Crippen molar-refractivity contribution in [1.29, 1.82) is 0 Å². The number of hydrogen-bond acceptors (Lipinski definition) is 3. The summed E-state index contributed by atoms with van der Waals surface area (Å²) in [5, 5.41) is 4.73. The first kappa shape index (κ1) is 12.4. The summed E-state index contributed by atoms with van der Waals surface area (Å²) >= 11 is 9.34. The SMILES string of the molecule is Cc1nn(C)c(C)c1Oc1ncc(Br)cc1Cl. The van der Waals surface area contributed by atoms with Crippen LogP contribution in [-0.4, -0.2) is 14.8 Å². The summed E-state index contributed by atoms with van der Waals surface area (Å²) in [5.74, 6) is 1.08. The van der Waals surface area contributed by atoms with Gasteiger partial charge in [0.15, 0.2) is 5.75 Å². The first-order chi connectivity index (χ1) is 7.99. The minimum atomic E-state index is 0.383. The zero-order valence-corrected chi connectivity index (χ0v) is 12.0. The highest BCUT2D eigenvalue weighted by Gasteiger charge is 2.14. The fraction of sp³-hybridized carbons (Fsp3) is 0.273. The van der Waals surface area contributed by atoms with Gasteiger partial charge in [0.25, 0.3) is 0 Å². The fourth-order valence-corrected chi connectivity index (χ4v) is 2.14. The van der Waals surface area contributed by atoms with Crippen LogP contribution in [0.5, 0.6) is 11.6 Å². The van der Waals surface area contributed by atoms with Crippen LogP contribution < -0.4 is 4.74 Å². The van der Waals surface area contributed by atoms with Crippen LogP contribution >= 0.6 is 27.5 Å². The summed E-state index contributed by atoms with van der Waals surface area (Å²) in [7, 11) is 1.87. The number of nitrogens with zero attached hydrogens (tertiary/aromatic N) is 3. The minimum Gasteiger partial charge on any atom is -0.434 e. The Morgan fingerprint density at radius 2 is 2.12 bits per heavy atom. The van der Waals surface area contributed by atoms with Crippen LogP contribution in [-0.2, 0) is 7.05 Å². The number of hydrogen-bond donors (Lipinski definition) is 0. The van der Waals surface area contributed by atoms with Gasteiger partial charge in [-0.05, 0) is 35.8 Å². The van der Waals surface area contributed by atoms with Crippen LogP contribution in [0.4, 0.5) is 0 Å². The number of aryl methyl sites for hydroxylation is 2. The van der Waals surface area contributed by atoms with E-state index in [1.807, 2.05) is 20.9 Å². The van der Waals surface area contributed by atoms with Gasteiger partial charge in [-0.1, -0.05) is 11.6 Å². The van der Waals surface area contributed by atoms with Crippen LogP contribution in [0.1, 0.15) is 11.4 Å². The van der Waals surface area contributed by atoms with Crippen molar-refractivity contribution in [1.82, 2.24) is 14.8 Å². The van der Waals surface area contributed by atoms with E-state index < -0.39 is 0 Å². The molecule has 90 valence electrons. The Bertz CT molecular complexity index is 568. The first-order valence-electron chi connectivity index (χ1n) is 4.98. The maximum atomic E-state index is 6.05. The summed E-state index contributed by atoms with van der Waals surface area (Å²) in [4.78, 5) is 4.13. The Hall–Kier alpha value is -1.07. The fourth-order valence-electron chi connectivity index (χ4n) is 1.48. The molecule has 0 unspecified atom stereocenters. The molecule has 0 aromatic carbocycles. The average molecular weight is 317 g/mol. The summed E-state index contributed by atoms with van der Waals surface area (Å²) < 4.78 is 8.27. The smallest absolute Gasteiger partial charge is 0.238 e. The average Bonchev–Trinajstić information content (AvgIpc) is 2.48. The van der Waals surface area contributed by atoms with E-state index in [0.29, 0.717) is 16.7 Å². The predicted octanol–water partition coefficient (Wildman–Crippen LogP) is 3.64. The monoisotopic (exact) mass is 315 g/mol. The summed E-state index contributed by atoms with van der Waals surface area (Å²) in [5.41, 5.74) is 1.74. The van der Waals surface area contributed by atoms with Crippen molar-refractivity contribution in [2.24, 2.45) is 7.05 Å². The zero-order chi connectivity index (χ0) is 12.6. The molecule has 0 aliphatic carbocycles. The highest BCUT2D eigenvalue weighted by molar-refractivity contribution is 9.10. The molecule has 17 heavy (non-hydrogen) atoms. The normalized spacial score (nSPS) is 10.6. The van der Waals surface area contributed by atoms with Crippen LogP contribution in [0.25, 0.3) is 0 Å². The Balaban J connectivity index is 2.38. The van der Waals surface area contributed by atoms with E-state index in [1.165, 1.54) is 0 Å². The third-order valence-corrected chi connectivity index (χ3v) is 3.12. The lowest BCUT2D eigenvalue weighted by atomic mass is 10.3. The second-order valence-corrected chi connectivity index (χ2v) is 4.99. The molecule has 0 amide bonds. The second kappa shape index (κ2) is 4.66. The van der Waals surface area contributed by atoms with Crippen LogP contribution in [0.2, 0.25) is 5.02 Å². The number of rotatable bonds is 2. The number of halogens is 2. The molecule has 0 spiro atoms. The molecule has 0 atom stereocenters. The topological polar surface area (TPSA) is 39.9 Å². The summed E-state index contributed by atoms with van der Waals surface area (Å²) in [6.07, 6.45) is 1.64. The number of ether oxygens (including phenoxy) is 1. The van der Waals surface area contributed by atoms with Gasteiger partial charge in [0.05, 0.1) is 5.69 Å². The second-order valence-electron chi connectivity index (χ2n) is 3.67. The van der Waals surface area contributed by atoms with Crippen molar-refractivity contribution in [2.45, 2.75) is 13.8 Å². The zero-order valence-electron chi connectivity index (χ0n) is 9.66. The summed E-state index contributed by atoms with van der Waals surface area (Å²) in [6, 6.07) is 1.74. The molecule has 6 heteroatoms. The molecular formula is C11H11BrClN3O. The van der Waals surface area contributed by atoms with Gasteiger partial charge in [-0.3, -0.25) is 4.68 Å². The molecule has 2 aromatic rings. The highest BCUT2D eigenvalue weighted by atomic mass is 79.9. The van der Waals surface area contributed by atoms with E-state index in [-0.39, 0.29) is 0 Å². The number of aromatic nitrogens is 3. The quantitative estimate of drug-likeness (QED) is 0.849. The molecule has 0 fully saturated rings. The third-order valence-electron chi connectivity index (χ3n) is 2.42. The molecule has 2 heterocycles. The van der Waals surface area contributed by atoms with E-state index in [2.05, 4.69) is 26.0 Å². The van der Waals surface area contributed by atoms with Crippen molar-refractivity contribution in [3.05, 3.63) is 33.1 Å². The predicted molar refractivity (Wildman–Crippen MR) is 69.7 cm³/mol. The van der Waals surface area contributed by atoms with Gasteiger partial charge in [0, 0.05) is 17.7 Å². The largest absolute Gasteiger partial charge is 0.434 e. The molecule has 0 saturated heterocycles. The van der Waals surface area contributed by atoms with Crippen molar-refractivity contribution >= 4 is 27.5 Å². The van der Waals surface area contributed by atoms with E-state index in [9.17, 15) is 0 Å². The lowest BCUT2D eigenvalue weighted by molar-refractivity contribution is 0.455. The van der Waals surface area contributed by atoms with Gasteiger partial charge >= 0.3 is 0 Å². The van der Waals surface area contributed by atoms with Gasteiger partial charge in [-0.15, -0.1) is 0 Å². The Morgan fingerprint density at radius 1 is 1.41 bits per heavy atom. The maximum Gasteiger partial charge on any atom is 0.238 e. The van der Waals surface area contributed by atoms with Gasteiger partial charge < -0.3 is 4.74 Å². The van der Waals surface area contributed by atoms with Gasteiger partial charge in [0.2, 0.25) is 5.88 Å². The van der Waals surface area contributed by atoms with Crippen LogP contribution in [0, 0.1) is 13.8 Å². The molecule has 0 aliphatic rings. The van der Waals surface area contributed by atoms with Crippen molar-refractivity contribution in [3.8, 4) is 11.6 Å². The Morgan fingerprint density at radius 3 is 2.65 bits per heavy atom. The molecule has 4 nitrogen and oxygen atoms in total.